The van der Waals surface area contributed by atoms with Crippen LogP contribution in [0.3, 0.4) is 0 Å². The summed E-state index contributed by atoms with van der Waals surface area (Å²) >= 11 is 1.72. The number of likely N-dealkylation sites (tertiary alicyclic amines) is 1. The van der Waals surface area contributed by atoms with E-state index in [2.05, 4.69) is 9.88 Å². The van der Waals surface area contributed by atoms with E-state index < -0.39 is 12.1 Å². The summed E-state index contributed by atoms with van der Waals surface area (Å²) in [6.07, 6.45) is 0.390. The molecule has 3 heterocycles. The molecule has 2 aliphatic rings. The first kappa shape index (κ1) is 24.5. The average Bonchev–Trinajstić information content (AvgIpc) is 3.31. The van der Waals surface area contributed by atoms with Gasteiger partial charge in [0.2, 0.25) is 5.91 Å². The van der Waals surface area contributed by atoms with Gasteiger partial charge in [-0.1, -0.05) is 0 Å². The lowest BCUT2D eigenvalue weighted by Crippen LogP contribution is -2.43. The van der Waals surface area contributed by atoms with Crippen molar-refractivity contribution in [1.29, 1.82) is 0 Å². The van der Waals surface area contributed by atoms with Gasteiger partial charge in [-0.3, -0.25) is 9.69 Å². The lowest BCUT2D eigenvalue weighted by atomic mass is 9.99. The van der Waals surface area contributed by atoms with Crippen LogP contribution in [0.25, 0.3) is 0 Å². The number of amides is 1. The number of fused-ring (bicyclic) bond motifs is 1. The molecule has 1 aromatic heterocycles. The van der Waals surface area contributed by atoms with Crippen LogP contribution in [0.1, 0.15) is 24.3 Å². The Kier molecular flexibility index (Phi) is 9.01. The highest BCUT2D eigenvalue weighted by atomic mass is 32.1. The number of likely N-dealkylation sites (N-methyl/N-ethyl adjacent to an activating group) is 1. The van der Waals surface area contributed by atoms with Crippen molar-refractivity contribution in [3.63, 3.8) is 0 Å². The number of rotatable bonds is 6. The number of nitrogens with zero attached hydrogens (tertiary/aromatic N) is 3. The van der Waals surface area contributed by atoms with Crippen molar-refractivity contribution in [3.05, 3.63) is 16.6 Å². The van der Waals surface area contributed by atoms with Crippen molar-refractivity contribution in [2.45, 2.75) is 50.2 Å². The van der Waals surface area contributed by atoms with Crippen LogP contribution in [0.5, 0.6) is 0 Å². The third-order valence-corrected chi connectivity index (χ3v) is 5.61. The minimum Gasteiger partial charge on any atom is -0.475 e. The normalized spacial score (nSPS) is 24.0. The van der Waals surface area contributed by atoms with E-state index in [0.29, 0.717) is 18.8 Å². The molecule has 2 aliphatic heterocycles. The standard InChI is InChI=1S/C16H25N3O3S.C2HF3O2/c1-18(2)16(20)11-21-10-12-3-4-13-14(22-12)5-7-19(13)9-15-17-6-8-23-15;3-2(4,5)1(6)7/h6,8,12-14H,3-5,7,9-11H2,1-2H3;(H,6,7)/t12-,13-,14-;/m0./s1. The topological polar surface area (TPSA) is 92.2 Å². The van der Waals surface area contributed by atoms with Gasteiger partial charge in [-0.15, -0.1) is 11.3 Å². The highest BCUT2D eigenvalue weighted by molar-refractivity contribution is 7.09. The quantitative estimate of drug-likeness (QED) is 0.704. The van der Waals surface area contributed by atoms with E-state index in [4.69, 9.17) is 19.4 Å². The maximum Gasteiger partial charge on any atom is 0.490 e. The van der Waals surface area contributed by atoms with Gasteiger partial charge in [0.25, 0.3) is 0 Å². The number of ether oxygens (including phenoxy) is 2. The Labute approximate surface area is 176 Å². The summed E-state index contributed by atoms with van der Waals surface area (Å²) in [4.78, 5) is 28.8. The first-order valence-electron chi connectivity index (χ1n) is 9.43. The van der Waals surface area contributed by atoms with Gasteiger partial charge >= 0.3 is 12.1 Å². The number of carboxylic acid groups (broad SMARTS) is 1. The van der Waals surface area contributed by atoms with Gasteiger partial charge in [0.05, 0.1) is 25.4 Å². The van der Waals surface area contributed by atoms with Gasteiger partial charge in [0.1, 0.15) is 11.6 Å². The van der Waals surface area contributed by atoms with Crippen molar-refractivity contribution < 1.29 is 37.3 Å². The second-order valence-corrected chi connectivity index (χ2v) is 8.21. The highest BCUT2D eigenvalue weighted by Crippen LogP contribution is 2.32. The van der Waals surface area contributed by atoms with E-state index in [1.807, 2.05) is 11.6 Å². The van der Waals surface area contributed by atoms with Crippen molar-refractivity contribution in [3.8, 4) is 0 Å². The zero-order valence-electron chi connectivity index (χ0n) is 16.8. The van der Waals surface area contributed by atoms with Crippen LogP contribution >= 0.6 is 11.3 Å². The minimum absolute atomic E-state index is 0.00539. The van der Waals surface area contributed by atoms with E-state index >= 15 is 0 Å². The summed E-state index contributed by atoms with van der Waals surface area (Å²) < 4.78 is 43.4. The average molecular weight is 453 g/mol. The molecule has 1 N–H and O–H groups in total. The summed E-state index contributed by atoms with van der Waals surface area (Å²) in [6.45, 7) is 2.65. The molecular weight excluding hydrogens is 427 g/mol. The Morgan fingerprint density at radius 2 is 2.07 bits per heavy atom. The first-order valence-corrected chi connectivity index (χ1v) is 10.3. The third-order valence-electron chi connectivity index (χ3n) is 4.84. The first-order chi connectivity index (χ1) is 14.1. The predicted octanol–water partition coefficient (Wildman–Crippen LogP) is 2.00. The summed E-state index contributed by atoms with van der Waals surface area (Å²) in [5, 5.41) is 10.3. The third kappa shape index (κ3) is 7.49. The largest absolute Gasteiger partial charge is 0.490 e. The molecule has 1 amide bonds. The molecule has 0 spiro atoms. The van der Waals surface area contributed by atoms with Crippen LogP contribution in [0.15, 0.2) is 11.6 Å². The zero-order valence-corrected chi connectivity index (χ0v) is 17.6. The second-order valence-electron chi connectivity index (χ2n) is 7.23. The van der Waals surface area contributed by atoms with Crippen LogP contribution in [-0.4, -0.2) is 90.0 Å². The van der Waals surface area contributed by atoms with Gasteiger partial charge in [0.15, 0.2) is 0 Å². The fourth-order valence-corrected chi connectivity index (χ4v) is 3.96. The van der Waals surface area contributed by atoms with E-state index in [9.17, 15) is 18.0 Å². The summed E-state index contributed by atoms with van der Waals surface area (Å²) in [6, 6.07) is 0.499. The molecule has 0 bridgehead atoms. The molecule has 12 heteroatoms. The van der Waals surface area contributed by atoms with Crippen molar-refractivity contribution in [2.24, 2.45) is 0 Å². The number of aromatic nitrogens is 1. The van der Waals surface area contributed by atoms with E-state index in [1.54, 1.807) is 30.3 Å². The smallest absolute Gasteiger partial charge is 0.475 e. The highest BCUT2D eigenvalue weighted by Gasteiger charge is 2.40. The molecule has 0 radical (unpaired) electrons. The zero-order chi connectivity index (χ0) is 22.3. The Bertz CT molecular complexity index is 687. The van der Waals surface area contributed by atoms with Crippen molar-refractivity contribution in [2.75, 3.05) is 33.9 Å². The van der Waals surface area contributed by atoms with Crippen molar-refractivity contribution >= 4 is 23.2 Å². The van der Waals surface area contributed by atoms with Crippen LogP contribution in [0, 0.1) is 0 Å². The van der Waals surface area contributed by atoms with Gasteiger partial charge in [0, 0.05) is 38.3 Å². The fraction of sp³-hybridized carbons (Fsp3) is 0.722. The second kappa shape index (κ2) is 11.0. The molecule has 0 unspecified atom stereocenters. The summed E-state index contributed by atoms with van der Waals surface area (Å²) in [7, 11) is 3.48. The minimum atomic E-state index is -5.08. The molecule has 1 aromatic rings. The SMILES string of the molecule is CN(C)C(=O)COC[C@@H]1CC[C@H]2[C@H](CCN2Cc2nccs2)O1.O=C(O)C(F)(F)F. The van der Waals surface area contributed by atoms with Crippen LogP contribution in [-0.2, 0) is 25.6 Å². The molecule has 0 aliphatic carbocycles. The number of thiazole rings is 1. The molecule has 170 valence electrons. The van der Waals surface area contributed by atoms with E-state index in [1.165, 1.54) is 5.01 Å². The predicted molar refractivity (Wildman–Crippen MR) is 102 cm³/mol. The maximum absolute atomic E-state index is 11.5. The molecule has 0 aromatic carbocycles. The number of hydrogen-bond donors (Lipinski definition) is 1. The van der Waals surface area contributed by atoms with Crippen LogP contribution in [0.2, 0.25) is 0 Å². The molecule has 3 atom stereocenters. The van der Waals surface area contributed by atoms with Gasteiger partial charge in [-0.2, -0.15) is 13.2 Å². The number of halogens is 3. The number of carbonyl (C=O) groups is 2. The maximum atomic E-state index is 11.5. The molecule has 2 saturated heterocycles. The summed E-state index contributed by atoms with van der Waals surface area (Å²) in [5.74, 6) is -2.76. The van der Waals surface area contributed by atoms with Crippen LogP contribution < -0.4 is 0 Å². The molecule has 3 rings (SSSR count). The lowest BCUT2D eigenvalue weighted by molar-refractivity contribution is -0.192. The number of carboxylic acids is 1. The fourth-order valence-electron chi connectivity index (χ4n) is 3.32. The molecule has 8 nitrogen and oxygen atoms in total. The molecular formula is C18H26F3N3O5S. The number of carbonyl (C=O) groups excluding carboxylic acids is 1. The molecule has 2 fully saturated rings. The van der Waals surface area contributed by atoms with Crippen LogP contribution in [0.4, 0.5) is 13.2 Å². The Morgan fingerprint density at radius 3 is 2.63 bits per heavy atom. The van der Waals surface area contributed by atoms with E-state index in [-0.39, 0.29) is 18.6 Å². The number of hydrogen-bond acceptors (Lipinski definition) is 7. The lowest BCUT2D eigenvalue weighted by Gasteiger charge is -2.35. The number of aliphatic carboxylic acids is 1. The monoisotopic (exact) mass is 453 g/mol. The molecule has 0 saturated carbocycles. The van der Waals surface area contributed by atoms with Gasteiger partial charge in [-0.05, 0) is 19.3 Å². The van der Waals surface area contributed by atoms with E-state index in [0.717, 1.165) is 32.4 Å². The van der Waals surface area contributed by atoms with Crippen molar-refractivity contribution in [1.82, 2.24) is 14.8 Å². The number of alkyl halides is 3. The summed E-state index contributed by atoms with van der Waals surface area (Å²) in [5.41, 5.74) is 0. The Hall–Kier alpha value is -1.76. The Balaban J connectivity index is 0.000000396. The van der Waals surface area contributed by atoms with Gasteiger partial charge < -0.3 is 19.5 Å². The molecule has 30 heavy (non-hydrogen) atoms. The Morgan fingerprint density at radius 1 is 1.37 bits per heavy atom. The van der Waals surface area contributed by atoms with Gasteiger partial charge in [-0.25, -0.2) is 9.78 Å².